The first kappa shape index (κ1) is 22.8. The zero-order chi connectivity index (χ0) is 24.2. The number of carbonyl (C=O) groups is 3. The largest absolute Gasteiger partial charge is 0.493 e. The Bertz CT molecular complexity index is 1310. The minimum Gasteiger partial charge on any atom is -0.493 e. The predicted molar refractivity (Wildman–Crippen MR) is 129 cm³/mol. The van der Waals surface area contributed by atoms with Crippen molar-refractivity contribution in [3.05, 3.63) is 77.4 Å². The standard InChI is InChI=1S/C26H21NO7S/c28-20(16-5-7-21-17(11-16)9-10-31-21)13-32-26(30)19-3-1-2-4-24(19)35-14-25(29)27-18-6-8-22-23(12-18)34-15-33-22/h1-8,11-12H,9-10,13-15H2,(H,27,29). The molecule has 0 saturated heterocycles. The lowest BCUT2D eigenvalue weighted by molar-refractivity contribution is -0.113. The van der Waals surface area contributed by atoms with Crippen molar-refractivity contribution in [1.29, 1.82) is 0 Å². The van der Waals surface area contributed by atoms with E-state index in [1.165, 1.54) is 11.8 Å². The van der Waals surface area contributed by atoms with Crippen LogP contribution in [0.25, 0.3) is 0 Å². The average Bonchev–Trinajstić information content (AvgIpc) is 3.54. The number of thioether (sulfide) groups is 1. The molecule has 1 N–H and O–H groups in total. The third-order valence-electron chi connectivity index (χ3n) is 5.47. The van der Waals surface area contributed by atoms with Gasteiger partial charge in [0.15, 0.2) is 23.9 Å². The average molecular weight is 492 g/mol. The Morgan fingerprint density at radius 1 is 0.914 bits per heavy atom. The number of fused-ring (bicyclic) bond motifs is 2. The smallest absolute Gasteiger partial charge is 0.339 e. The fourth-order valence-electron chi connectivity index (χ4n) is 3.73. The minimum atomic E-state index is -0.623. The molecule has 35 heavy (non-hydrogen) atoms. The van der Waals surface area contributed by atoms with Gasteiger partial charge in [-0.25, -0.2) is 4.79 Å². The van der Waals surface area contributed by atoms with Crippen molar-refractivity contribution in [2.24, 2.45) is 0 Å². The number of amides is 1. The number of benzene rings is 3. The van der Waals surface area contributed by atoms with E-state index in [-0.39, 0.29) is 30.8 Å². The highest BCUT2D eigenvalue weighted by Gasteiger charge is 2.19. The predicted octanol–water partition coefficient (Wildman–Crippen LogP) is 4.12. The van der Waals surface area contributed by atoms with E-state index in [2.05, 4.69) is 5.32 Å². The van der Waals surface area contributed by atoms with Gasteiger partial charge < -0.3 is 24.3 Å². The van der Waals surface area contributed by atoms with E-state index in [1.807, 2.05) is 0 Å². The molecule has 0 radical (unpaired) electrons. The molecular weight excluding hydrogens is 470 g/mol. The third-order valence-corrected chi connectivity index (χ3v) is 6.54. The summed E-state index contributed by atoms with van der Waals surface area (Å²) in [6, 6.07) is 17.2. The molecule has 0 fully saturated rings. The molecule has 2 heterocycles. The third kappa shape index (κ3) is 5.25. The van der Waals surface area contributed by atoms with Crippen LogP contribution in [0.15, 0.2) is 65.6 Å². The molecule has 0 bridgehead atoms. The lowest BCUT2D eigenvalue weighted by Gasteiger charge is -2.10. The summed E-state index contributed by atoms with van der Waals surface area (Å²) in [4.78, 5) is 38.3. The number of rotatable bonds is 8. The molecule has 8 nitrogen and oxygen atoms in total. The van der Waals surface area contributed by atoms with Gasteiger partial charge in [-0.05, 0) is 48.0 Å². The molecule has 3 aromatic rings. The number of hydrogen-bond acceptors (Lipinski definition) is 8. The van der Waals surface area contributed by atoms with Crippen molar-refractivity contribution >= 4 is 35.1 Å². The Balaban J connectivity index is 1.16. The first-order valence-electron chi connectivity index (χ1n) is 10.9. The van der Waals surface area contributed by atoms with Crippen LogP contribution in [0.3, 0.4) is 0 Å². The monoisotopic (exact) mass is 491 g/mol. The summed E-state index contributed by atoms with van der Waals surface area (Å²) >= 11 is 1.20. The molecular formula is C26H21NO7S. The van der Waals surface area contributed by atoms with Gasteiger partial charge in [-0.3, -0.25) is 9.59 Å². The van der Waals surface area contributed by atoms with Crippen molar-refractivity contribution in [2.45, 2.75) is 11.3 Å². The summed E-state index contributed by atoms with van der Waals surface area (Å²) in [5.41, 5.74) is 2.33. The summed E-state index contributed by atoms with van der Waals surface area (Å²) in [6.07, 6.45) is 0.753. The quantitative estimate of drug-likeness (QED) is 0.285. The van der Waals surface area contributed by atoms with Gasteiger partial charge in [0.25, 0.3) is 0 Å². The van der Waals surface area contributed by atoms with Crippen LogP contribution in [0.1, 0.15) is 26.3 Å². The first-order valence-corrected chi connectivity index (χ1v) is 11.9. The van der Waals surface area contributed by atoms with E-state index in [1.54, 1.807) is 60.7 Å². The van der Waals surface area contributed by atoms with Crippen molar-refractivity contribution in [3.63, 3.8) is 0 Å². The van der Waals surface area contributed by atoms with Crippen LogP contribution < -0.4 is 19.5 Å². The Kier molecular flexibility index (Phi) is 6.58. The molecule has 0 spiro atoms. The molecule has 2 aliphatic rings. The van der Waals surface area contributed by atoms with E-state index >= 15 is 0 Å². The summed E-state index contributed by atoms with van der Waals surface area (Å²) < 4.78 is 21.3. The van der Waals surface area contributed by atoms with Crippen LogP contribution in [-0.4, -0.2) is 43.4 Å². The number of Topliss-reactive ketones (excluding diaryl/α,β-unsaturated/α-hetero) is 1. The zero-order valence-electron chi connectivity index (χ0n) is 18.6. The number of hydrogen-bond donors (Lipinski definition) is 1. The lowest BCUT2D eigenvalue weighted by Crippen LogP contribution is -2.16. The molecule has 9 heteroatoms. The van der Waals surface area contributed by atoms with Gasteiger partial charge in [-0.2, -0.15) is 0 Å². The van der Waals surface area contributed by atoms with E-state index in [0.717, 1.165) is 17.7 Å². The number of ether oxygens (including phenoxy) is 4. The molecule has 5 rings (SSSR count). The molecule has 0 unspecified atom stereocenters. The second-order valence-electron chi connectivity index (χ2n) is 7.82. The zero-order valence-corrected chi connectivity index (χ0v) is 19.4. The number of anilines is 1. The fraction of sp³-hybridized carbons (Fsp3) is 0.192. The molecule has 0 saturated carbocycles. The second kappa shape index (κ2) is 10.1. The molecule has 2 aliphatic heterocycles. The number of nitrogens with one attached hydrogen (secondary N) is 1. The molecule has 0 aliphatic carbocycles. The maximum atomic E-state index is 12.7. The van der Waals surface area contributed by atoms with Crippen LogP contribution in [0.4, 0.5) is 5.69 Å². The Morgan fingerprint density at radius 3 is 2.66 bits per heavy atom. The van der Waals surface area contributed by atoms with Gasteiger partial charge in [-0.15, -0.1) is 11.8 Å². The summed E-state index contributed by atoms with van der Waals surface area (Å²) in [7, 11) is 0. The van der Waals surface area contributed by atoms with Gasteiger partial charge in [0, 0.05) is 28.6 Å². The number of ketones is 1. The van der Waals surface area contributed by atoms with E-state index in [9.17, 15) is 14.4 Å². The van der Waals surface area contributed by atoms with Gasteiger partial charge in [0.2, 0.25) is 12.7 Å². The second-order valence-corrected chi connectivity index (χ2v) is 8.84. The van der Waals surface area contributed by atoms with Crippen molar-refractivity contribution in [3.8, 4) is 17.2 Å². The maximum absolute atomic E-state index is 12.7. The van der Waals surface area contributed by atoms with Gasteiger partial charge >= 0.3 is 5.97 Å². The first-order chi connectivity index (χ1) is 17.1. The van der Waals surface area contributed by atoms with Gasteiger partial charge in [0.1, 0.15) is 5.75 Å². The number of esters is 1. The minimum absolute atomic E-state index is 0.0782. The van der Waals surface area contributed by atoms with Gasteiger partial charge in [0.05, 0.1) is 17.9 Å². The van der Waals surface area contributed by atoms with Crippen LogP contribution >= 0.6 is 11.8 Å². The van der Waals surface area contributed by atoms with Crippen LogP contribution in [-0.2, 0) is 16.0 Å². The topological polar surface area (TPSA) is 100 Å². The molecule has 178 valence electrons. The Hall–Kier alpha value is -3.98. The molecule has 3 aromatic carbocycles. The summed E-state index contributed by atoms with van der Waals surface area (Å²) in [6.45, 7) is 0.385. The van der Waals surface area contributed by atoms with E-state index < -0.39 is 5.97 Å². The van der Waals surface area contributed by atoms with Crippen LogP contribution in [0.2, 0.25) is 0 Å². The summed E-state index contributed by atoms with van der Waals surface area (Å²) in [5, 5.41) is 2.80. The Labute approximate surface area is 205 Å². The summed E-state index contributed by atoms with van der Waals surface area (Å²) in [5.74, 6) is 0.914. The highest BCUT2D eigenvalue weighted by molar-refractivity contribution is 8.00. The lowest BCUT2D eigenvalue weighted by atomic mass is 10.1. The van der Waals surface area contributed by atoms with Crippen molar-refractivity contribution in [1.82, 2.24) is 0 Å². The van der Waals surface area contributed by atoms with Crippen molar-refractivity contribution < 1.29 is 33.3 Å². The van der Waals surface area contributed by atoms with E-state index in [4.69, 9.17) is 18.9 Å². The van der Waals surface area contributed by atoms with Gasteiger partial charge in [-0.1, -0.05) is 12.1 Å². The van der Waals surface area contributed by atoms with Crippen LogP contribution in [0, 0.1) is 0 Å². The highest BCUT2D eigenvalue weighted by atomic mass is 32.2. The fourth-order valence-corrected chi connectivity index (χ4v) is 4.57. The SMILES string of the molecule is O=C(CSc1ccccc1C(=O)OCC(=O)c1ccc2c(c1)CCO2)Nc1ccc2c(c1)OCO2. The molecule has 0 atom stereocenters. The van der Waals surface area contributed by atoms with Crippen LogP contribution in [0.5, 0.6) is 17.2 Å². The maximum Gasteiger partial charge on any atom is 0.339 e. The van der Waals surface area contributed by atoms with Crippen molar-refractivity contribution in [2.75, 3.05) is 31.1 Å². The highest BCUT2D eigenvalue weighted by Crippen LogP contribution is 2.34. The molecule has 1 amide bonds. The number of carbonyl (C=O) groups excluding carboxylic acids is 3. The Morgan fingerprint density at radius 2 is 1.74 bits per heavy atom. The van der Waals surface area contributed by atoms with E-state index in [0.29, 0.717) is 39.8 Å². The normalized spacial score (nSPS) is 13.0. The molecule has 0 aromatic heterocycles.